The van der Waals surface area contributed by atoms with Crippen LogP contribution in [0.1, 0.15) is 47.7 Å². The van der Waals surface area contributed by atoms with E-state index in [0.29, 0.717) is 33.2 Å². The highest BCUT2D eigenvalue weighted by Gasteiger charge is 2.29. The smallest absolute Gasteiger partial charge is 0.308 e. The topological polar surface area (TPSA) is 76.7 Å². The van der Waals surface area contributed by atoms with Crippen LogP contribution < -0.4 is 15.4 Å². The van der Waals surface area contributed by atoms with Crippen molar-refractivity contribution in [2.45, 2.75) is 39.3 Å². The van der Waals surface area contributed by atoms with Crippen LogP contribution in [-0.4, -0.2) is 18.5 Å². The lowest BCUT2D eigenvalue weighted by Crippen LogP contribution is -2.39. The molecule has 6 nitrogen and oxygen atoms in total. The van der Waals surface area contributed by atoms with Crippen molar-refractivity contribution in [3.63, 3.8) is 0 Å². The van der Waals surface area contributed by atoms with E-state index >= 15 is 4.39 Å². The van der Waals surface area contributed by atoms with E-state index in [4.69, 9.17) is 21.1 Å². The predicted molar refractivity (Wildman–Crippen MR) is 141 cm³/mol. The maximum Gasteiger partial charge on any atom is 0.308 e. The minimum Gasteiger partial charge on any atom is -0.466 e. The van der Waals surface area contributed by atoms with Crippen LogP contribution >= 0.6 is 11.6 Å². The first-order chi connectivity index (χ1) is 17.7. The summed E-state index contributed by atoms with van der Waals surface area (Å²) in [5.74, 6) is -0.602. The summed E-state index contributed by atoms with van der Waals surface area (Å²) in [7, 11) is 0. The van der Waals surface area contributed by atoms with Gasteiger partial charge in [0.15, 0.2) is 0 Å². The second-order valence-corrected chi connectivity index (χ2v) is 9.28. The molecule has 0 radical (unpaired) electrons. The van der Waals surface area contributed by atoms with E-state index in [1.807, 2.05) is 25.1 Å². The number of esters is 1. The molecule has 0 spiro atoms. The molecule has 0 fully saturated rings. The Morgan fingerprint density at radius 1 is 1.22 bits per heavy atom. The number of hydrogen-bond acceptors (Lipinski definition) is 5. The fourth-order valence-corrected chi connectivity index (χ4v) is 4.78. The van der Waals surface area contributed by atoms with Crippen molar-refractivity contribution in [1.29, 1.82) is 0 Å². The lowest BCUT2D eigenvalue weighted by molar-refractivity contribution is -0.143. The van der Waals surface area contributed by atoms with E-state index in [2.05, 4.69) is 17.2 Å². The highest BCUT2D eigenvalue weighted by atomic mass is 35.5. The van der Waals surface area contributed by atoms with Crippen LogP contribution in [0.3, 0.4) is 0 Å². The lowest BCUT2D eigenvalue weighted by Gasteiger charge is -2.24. The molecule has 2 N–H and O–H groups in total. The zero-order chi connectivity index (χ0) is 26.7. The number of nitrogens with one attached hydrogen (secondary N) is 2. The number of halogens is 2. The molecule has 4 bridgehead atoms. The number of benzene rings is 3. The summed E-state index contributed by atoms with van der Waals surface area (Å²) in [5, 5.41) is 6.14. The summed E-state index contributed by atoms with van der Waals surface area (Å²) in [6.07, 6.45) is 1.13. The van der Waals surface area contributed by atoms with E-state index in [1.54, 1.807) is 44.2 Å². The summed E-state index contributed by atoms with van der Waals surface area (Å²) < 4.78 is 27.0. The van der Waals surface area contributed by atoms with Crippen molar-refractivity contribution in [3.8, 4) is 22.6 Å². The monoisotopic (exact) mass is 522 g/mol. The van der Waals surface area contributed by atoms with Crippen LogP contribution in [0.15, 0.2) is 61.3 Å². The van der Waals surface area contributed by atoms with Crippen molar-refractivity contribution in [1.82, 2.24) is 10.6 Å². The van der Waals surface area contributed by atoms with Crippen molar-refractivity contribution in [3.05, 3.63) is 94.4 Å². The molecule has 0 aromatic heterocycles. The van der Waals surface area contributed by atoms with Gasteiger partial charge in [0, 0.05) is 16.1 Å². The largest absolute Gasteiger partial charge is 0.466 e. The molecule has 1 amide bonds. The van der Waals surface area contributed by atoms with Crippen LogP contribution in [-0.2, 0) is 14.3 Å². The summed E-state index contributed by atoms with van der Waals surface area (Å²) in [4.78, 5) is 26.1. The van der Waals surface area contributed by atoms with Gasteiger partial charge in [-0.05, 0) is 85.6 Å². The van der Waals surface area contributed by atoms with Gasteiger partial charge in [0.2, 0.25) is 5.91 Å². The van der Waals surface area contributed by atoms with E-state index < -0.39 is 29.8 Å². The first kappa shape index (κ1) is 26.2. The Labute approximate surface area is 220 Å². The Morgan fingerprint density at radius 2 is 2.00 bits per heavy atom. The Balaban J connectivity index is 2.00. The second-order valence-electron chi connectivity index (χ2n) is 8.84. The van der Waals surface area contributed by atoms with E-state index in [1.165, 1.54) is 6.20 Å². The van der Waals surface area contributed by atoms with Gasteiger partial charge in [-0.1, -0.05) is 30.3 Å². The number of fused-ring (bicyclic) bond motifs is 6. The number of ether oxygens (including phenoxy) is 2. The first-order valence-corrected chi connectivity index (χ1v) is 12.3. The number of carbonyl (C=O) groups is 2. The van der Waals surface area contributed by atoms with Gasteiger partial charge in [-0.25, -0.2) is 4.39 Å². The highest BCUT2D eigenvalue weighted by molar-refractivity contribution is 6.30. The normalized spacial score (nSPS) is 16.6. The molecule has 2 atom stereocenters. The highest BCUT2D eigenvalue weighted by Crippen LogP contribution is 2.40. The summed E-state index contributed by atoms with van der Waals surface area (Å²) in [6.45, 7) is 9.12. The van der Waals surface area contributed by atoms with Crippen LogP contribution in [0.5, 0.6) is 11.5 Å². The standard InChI is InChI=1S/C29H28ClFN2O4/c1-5-32-28-19-11-20(30)14-21(12-19)37-24-9-7-8-16(3)26(24)18-10-17(4)27(31)22(13-18)23(33-29(28)35)15-25(34)36-6-2/h5,7-14,23,28,32H,1,6,15H2,2-4H3,(H,33,35)/t23-,28?/m0/s1. The van der Waals surface area contributed by atoms with Gasteiger partial charge in [0.1, 0.15) is 23.4 Å². The van der Waals surface area contributed by atoms with Crippen LogP contribution in [0, 0.1) is 19.7 Å². The molecule has 1 unspecified atom stereocenters. The molecule has 37 heavy (non-hydrogen) atoms. The number of rotatable bonds is 5. The molecule has 8 heteroatoms. The maximum absolute atomic E-state index is 15.6. The third-order valence-electron chi connectivity index (χ3n) is 6.18. The predicted octanol–water partition coefficient (Wildman–Crippen LogP) is 6.45. The SMILES string of the molecule is C=CNC1C(=O)N[C@@H](CC(=O)OCC)c2cc(cc(C)c2F)-c2c(C)cccc2Oc2cc(Cl)cc1c2. The van der Waals surface area contributed by atoms with Gasteiger partial charge in [0.05, 0.1) is 19.1 Å². The fourth-order valence-electron chi connectivity index (χ4n) is 4.55. The fraction of sp³-hybridized carbons (Fsp3) is 0.241. The van der Waals surface area contributed by atoms with E-state index in [0.717, 1.165) is 11.1 Å². The van der Waals surface area contributed by atoms with Crippen molar-refractivity contribution in [2.75, 3.05) is 6.61 Å². The zero-order valence-corrected chi connectivity index (χ0v) is 21.6. The summed E-state index contributed by atoms with van der Waals surface area (Å²) in [5.41, 5.74) is 3.40. The Hall–Kier alpha value is -3.84. The minimum absolute atomic E-state index is 0.164. The van der Waals surface area contributed by atoms with Gasteiger partial charge in [0.25, 0.3) is 0 Å². The average molecular weight is 523 g/mol. The number of hydrogen-bond donors (Lipinski definition) is 2. The molecular formula is C29H28ClFN2O4. The number of carbonyl (C=O) groups excluding carboxylic acids is 2. The molecule has 0 aliphatic carbocycles. The Morgan fingerprint density at radius 3 is 2.73 bits per heavy atom. The molecule has 0 saturated carbocycles. The van der Waals surface area contributed by atoms with Crippen molar-refractivity contribution >= 4 is 23.5 Å². The van der Waals surface area contributed by atoms with Crippen LogP contribution in [0.4, 0.5) is 4.39 Å². The van der Waals surface area contributed by atoms with Crippen LogP contribution in [0.25, 0.3) is 11.1 Å². The van der Waals surface area contributed by atoms with Gasteiger partial charge in [-0.2, -0.15) is 0 Å². The molecule has 1 aliphatic rings. The number of aryl methyl sites for hydroxylation is 2. The van der Waals surface area contributed by atoms with Crippen molar-refractivity contribution < 1.29 is 23.5 Å². The molecule has 3 aromatic carbocycles. The molecule has 1 aliphatic heterocycles. The quantitative estimate of drug-likeness (QED) is 0.376. The third kappa shape index (κ3) is 5.62. The van der Waals surface area contributed by atoms with Gasteiger partial charge >= 0.3 is 5.97 Å². The van der Waals surface area contributed by atoms with E-state index in [9.17, 15) is 9.59 Å². The molecule has 4 rings (SSSR count). The molecule has 1 heterocycles. The van der Waals surface area contributed by atoms with Gasteiger partial charge < -0.3 is 20.1 Å². The maximum atomic E-state index is 15.6. The molecular weight excluding hydrogens is 495 g/mol. The zero-order valence-electron chi connectivity index (χ0n) is 20.9. The lowest BCUT2D eigenvalue weighted by atomic mass is 9.92. The Bertz CT molecular complexity index is 1370. The molecule has 192 valence electrons. The van der Waals surface area contributed by atoms with Crippen molar-refractivity contribution in [2.24, 2.45) is 0 Å². The van der Waals surface area contributed by atoms with Gasteiger partial charge in [-0.3, -0.25) is 9.59 Å². The summed E-state index contributed by atoms with van der Waals surface area (Å²) in [6, 6.07) is 12.1. The minimum atomic E-state index is -0.993. The average Bonchev–Trinajstić information content (AvgIpc) is 2.83. The van der Waals surface area contributed by atoms with Crippen LogP contribution in [0.2, 0.25) is 5.02 Å². The molecule has 3 aromatic rings. The Kier molecular flexibility index (Phi) is 7.83. The van der Waals surface area contributed by atoms with Gasteiger partial charge in [-0.15, -0.1) is 0 Å². The first-order valence-electron chi connectivity index (χ1n) is 11.9. The molecule has 0 saturated heterocycles. The summed E-state index contributed by atoms with van der Waals surface area (Å²) >= 11 is 6.41. The third-order valence-corrected chi connectivity index (χ3v) is 6.39. The number of amides is 1. The second kappa shape index (κ2) is 11.0. The van der Waals surface area contributed by atoms with E-state index in [-0.39, 0.29) is 18.6 Å².